The number of aromatic nitrogens is 2. The lowest BCUT2D eigenvalue weighted by molar-refractivity contribution is 0.538. The first-order valence-electron chi connectivity index (χ1n) is 8.34. The largest absolute Gasteiger partial charge is 0.441 e. The maximum atomic E-state index is 5.91. The van der Waals surface area contributed by atoms with Crippen LogP contribution >= 0.6 is 0 Å². The van der Waals surface area contributed by atoms with E-state index in [1.165, 1.54) is 16.5 Å². The summed E-state index contributed by atoms with van der Waals surface area (Å²) in [5.74, 6) is 1.57. The molecule has 3 nitrogen and oxygen atoms in total. The summed E-state index contributed by atoms with van der Waals surface area (Å²) in [6.07, 6.45) is 3.14. The van der Waals surface area contributed by atoms with E-state index in [9.17, 15) is 0 Å². The van der Waals surface area contributed by atoms with Crippen LogP contribution in [0.5, 0.6) is 0 Å². The lowest BCUT2D eigenvalue weighted by Gasteiger charge is -2.03. The minimum atomic E-state index is 0.696. The summed E-state index contributed by atoms with van der Waals surface area (Å²) in [5.41, 5.74) is 4.54. The van der Waals surface area contributed by atoms with Gasteiger partial charge in [0.05, 0.1) is 6.54 Å². The normalized spacial score (nSPS) is 11.2. The lowest BCUT2D eigenvalue weighted by atomic mass is 10.1. The van der Waals surface area contributed by atoms with E-state index in [4.69, 9.17) is 9.40 Å². The molecule has 3 heteroatoms. The second kappa shape index (κ2) is 6.00. The van der Waals surface area contributed by atoms with Crippen LogP contribution in [0.2, 0.25) is 0 Å². The molecule has 0 radical (unpaired) electrons. The summed E-state index contributed by atoms with van der Waals surface area (Å²) in [4.78, 5) is 4.73. The van der Waals surface area contributed by atoms with Crippen molar-refractivity contribution in [2.45, 2.75) is 26.8 Å². The summed E-state index contributed by atoms with van der Waals surface area (Å²) in [7, 11) is 0. The van der Waals surface area contributed by atoms with Crippen LogP contribution in [0.25, 0.3) is 22.4 Å². The SMILES string of the molecule is CCc1ccc(-c2nc(Cn3ccc4ccccc43)c(C)o2)cc1. The van der Waals surface area contributed by atoms with E-state index in [1.807, 2.05) is 6.92 Å². The fourth-order valence-electron chi connectivity index (χ4n) is 3.02. The molecular weight excluding hydrogens is 296 g/mol. The predicted octanol–water partition coefficient (Wildman–Crippen LogP) is 5.22. The molecule has 0 aliphatic carbocycles. The van der Waals surface area contributed by atoms with Crippen molar-refractivity contribution in [1.29, 1.82) is 0 Å². The van der Waals surface area contributed by atoms with Crippen molar-refractivity contribution in [3.8, 4) is 11.5 Å². The van der Waals surface area contributed by atoms with Crippen molar-refractivity contribution >= 4 is 10.9 Å². The molecule has 0 aliphatic rings. The van der Waals surface area contributed by atoms with Gasteiger partial charge in [0.25, 0.3) is 0 Å². The molecule has 2 heterocycles. The highest BCUT2D eigenvalue weighted by Crippen LogP contribution is 2.24. The van der Waals surface area contributed by atoms with E-state index >= 15 is 0 Å². The van der Waals surface area contributed by atoms with Crippen molar-refractivity contribution in [2.24, 2.45) is 0 Å². The number of aryl methyl sites for hydroxylation is 2. The van der Waals surface area contributed by atoms with Crippen LogP contribution < -0.4 is 0 Å². The fraction of sp³-hybridized carbons (Fsp3) is 0.190. The molecule has 0 N–H and O–H groups in total. The van der Waals surface area contributed by atoms with Crippen LogP contribution in [-0.2, 0) is 13.0 Å². The number of hydrogen-bond acceptors (Lipinski definition) is 2. The third kappa shape index (κ3) is 2.62. The van der Waals surface area contributed by atoms with Crippen molar-refractivity contribution in [3.05, 3.63) is 77.8 Å². The summed E-state index contributed by atoms with van der Waals surface area (Å²) < 4.78 is 8.12. The first kappa shape index (κ1) is 14.8. The van der Waals surface area contributed by atoms with E-state index in [0.717, 1.165) is 30.0 Å². The van der Waals surface area contributed by atoms with Gasteiger partial charge in [0.15, 0.2) is 0 Å². The molecular formula is C21H20N2O. The molecule has 4 aromatic rings. The van der Waals surface area contributed by atoms with E-state index in [1.54, 1.807) is 0 Å². The van der Waals surface area contributed by atoms with Crippen molar-refractivity contribution in [2.75, 3.05) is 0 Å². The molecule has 0 saturated heterocycles. The topological polar surface area (TPSA) is 31.0 Å². The number of hydrogen-bond donors (Lipinski definition) is 0. The number of rotatable bonds is 4. The van der Waals surface area contributed by atoms with Crippen molar-refractivity contribution < 1.29 is 4.42 Å². The number of nitrogens with zero attached hydrogens (tertiary/aromatic N) is 2. The molecule has 0 amide bonds. The first-order valence-corrected chi connectivity index (χ1v) is 8.34. The standard InChI is InChI=1S/C21H20N2O/c1-3-16-8-10-18(11-9-16)21-22-19(15(2)24-21)14-23-13-12-17-6-4-5-7-20(17)23/h4-13H,3,14H2,1-2H3. The second-order valence-electron chi connectivity index (χ2n) is 6.07. The Bertz CT molecular complexity index is 977. The lowest BCUT2D eigenvalue weighted by Crippen LogP contribution is -1.99. The average molecular weight is 316 g/mol. The van der Waals surface area contributed by atoms with E-state index in [2.05, 4.69) is 72.3 Å². The number of oxazole rings is 1. The molecule has 0 bridgehead atoms. The molecule has 0 unspecified atom stereocenters. The zero-order valence-corrected chi connectivity index (χ0v) is 14.0. The van der Waals surface area contributed by atoms with Crippen molar-refractivity contribution in [3.63, 3.8) is 0 Å². The van der Waals surface area contributed by atoms with Crippen LogP contribution in [0.4, 0.5) is 0 Å². The van der Waals surface area contributed by atoms with E-state index in [-0.39, 0.29) is 0 Å². The van der Waals surface area contributed by atoms with Crippen LogP contribution in [0, 0.1) is 6.92 Å². The van der Waals surface area contributed by atoms with Gasteiger partial charge in [-0.2, -0.15) is 0 Å². The number of para-hydroxylation sites is 1. The van der Waals surface area contributed by atoms with Gasteiger partial charge >= 0.3 is 0 Å². The molecule has 0 atom stereocenters. The molecule has 0 aliphatic heterocycles. The summed E-state index contributed by atoms with van der Waals surface area (Å²) in [6, 6.07) is 19.0. The van der Waals surface area contributed by atoms with E-state index < -0.39 is 0 Å². The van der Waals surface area contributed by atoms with E-state index in [0.29, 0.717) is 5.89 Å². The van der Waals surface area contributed by atoms with Gasteiger partial charge in [-0.25, -0.2) is 4.98 Å². The second-order valence-corrected chi connectivity index (χ2v) is 6.07. The Morgan fingerprint density at radius 2 is 1.79 bits per heavy atom. The molecule has 2 aromatic carbocycles. The molecule has 24 heavy (non-hydrogen) atoms. The first-order chi connectivity index (χ1) is 11.7. The minimum Gasteiger partial charge on any atom is -0.441 e. The Balaban J connectivity index is 1.65. The van der Waals surface area contributed by atoms with Gasteiger partial charge in [-0.1, -0.05) is 37.3 Å². The Hall–Kier alpha value is -2.81. The van der Waals surface area contributed by atoms with Gasteiger partial charge in [-0.05, 0) is 48.6 Å². The average Bonchev–Trinajstić information content (AvgIpc) is 3.20. The molecule has 0 spiro atoms. The Kier molecular flexibility index (Phi) is 3.69. The Labute approximate surface area is 141 Å². The monoisotopic (exact) mass is 316 g/mol. The smallest absolute Gasteiger partial charge is 0.226 e. The van der Waals surface area contributed by atoms with Gasteiger partial charge in [0.2, 0.25) is 5.89 Å². The maximum absolute atomic E-state index is 5.91. The maximum Gasteiger partial charge on any atom is 0.226 e. The zero-order chi connectivity index (χ0) is 16.5. The van der Waals surface area contributed by atoms with Gasteiger partial charge in [0, 0.05) is 17.3 Å². The van der Waals surface area contributed by atoms with Crippen LogP contribution in [-0.4, -0.2) is 9.55 Å². The summed E-state index contributed by atoms with van der Waals surface area (Å²) in [5, 5.41) is 1.24. The van der Waals surface area contributed by atoms with Crippen LogP contribution in [0.3, 0.4) is 0 Å². The molecule has 120 valence electrons. The Morgan fingerprint density at radius 1 is 1.00 bits per heavy atom. The molecule has 4 rings (SSSR count). The highest BCUT2D eigenvalue weighted by atomic mass is 16.4. The minimum absolute atomic E-state index is 0.696. The van der Waals surface area contributed by atoms with Gasteiger partial charge < -0.3 is 8.98 Å². The van der Waals surface area contributed by atoms with Crippen LogP contribution in [0.15, 0.2) is 65.2 Å². The van der Waals surface area contributed by atoms with Gasteiger partial charge in [-0.3, -0.25) is 0 Å². The number of fused-ring (bicyclic) bond motifs is 1. The highest BCUT2D eigenvalue weighted by Gasteiger charge is 2.12. The molecule has 2 aromatic heterocycles. The third-order valence-electron chi connectivity index (χ3n) is 4.50. The van der Waals surface area contributed by atoms with Crippen LogP contribution in [0.1, 0.15) is 23.9 Å². The predicted molar refractivity (Wildman–Crippen MR) is 97.1 cm³/mol. The van der Waals surface area contributed by atoms with Gasteiger partial charge in [-0.15, -0.1) is 0 Å². The summed E-state index contributed by atoms with van der Waals surface area (Å²) in [6.45, 7) is 4.86. The number of benzene rings is 2. The molecule has 0 fully saturated rings. The third-order valence-corrected chi connectivity index (χ3v) is 4.50. The fourth-order valence-corrected chi connectivity index (χ4v) is 3.02. The quantitative estimate of drug-likeness (QED) is 0.517. The van der Waals surface area contributed by atoms with Crippen molar-refractivity contribution in [1.82, 2.24) is 9.55 Å². The zero-order valence-electron chi connectivity index (χ0n) is 14.0. The summed E-state index contributed by atoms with van der Waals surface area (Å²) >= 11 is 0. The Morgan fingerprint density at radius 3 is 2.58 bits per heavy atom. The highest BCUT2D eigenvalue weighted by molar-refractivity contribution is 5.80. The van der Waals surface area contributed by atoms with Gasteiger partial charge in [0.1, 0.15) is 11.5 Å². The molecule has 0 saturated carbocycles.